The summed E-state index contributed by atoms with van der Waals surface area (Å²) in [6, 6.07) is 20.7. The first-order chi connectivity index (χ1) is 15.6. The molecule has 3 N–H and O–H groups in total. The summed E-state index contributed by atoms with van der Waals surface area (Å²) < 4.78 is 10.3. The summed E-state index contributed by atoms with van der Waals surface area (Å²) in [6.45, 7) is -0.398. The molecule has 5 rings (SSSR count). The SMILES string of the molecule is COC(=O)[C@H]1[C@H](B2Nc3cccc4cccc(c34)N2)[C@@H](C(=O)OC)N[C@H]1c1ccccc1. The highest BCUT2D eigenvalue weighted by Gasteiger charge is 2.56. The number of hydrogen-bond donors (Lipinski definition) is 3. The molecule has 0 saturated carbocycles. The summed E-state index contributed by atoms with van der Waals surface area (Å²) in [4.78, 5) is 25.9. The molecule has 1 fully saturated rings. The van der Waals surface area contributed by atoms with Gasteiger partial charge in [-0.2, -0.15) is 0 Å². The molecule has 32 heavy (non-hydrogen) atoms. The van der Waals surface area contributed by atoms with Crippen molar-refractivity contribution in [2.75, 3.05) is 24.7 Å². The van der Waals surface area contributed by atoms with Crippen LogP contribution in [0, 0.1) is 5.92 Å². The maximum absolute atomic E-state index is 13.1. The highest BCUT2D eigenvalue weighted by molar-refractivity contribution is 6.70. The van der Waals surface area contributed by atoms with Gasteiger partial charge < -0.3 is 19.9 Å². The summed E-state index contributed by atoms with van der Waals surface area (Å²) >= 11 is 0. The fraction of sp³-hybridized carbons (Fsp3) is 0.250. The van der Waals surface area contributed by atoms with E-state index in [1.165, 1.54) is 14.2 Å². The quantitative estimate of drug-likeness (QED) is 0.434. The molecule has 3 aromatic rings. The summed E-state index contributed by atoms with van der Waals surface area (Å²) in [5, 5.41) is 12.6. The van der Waals surface area contributed by atoms with Gasteiger partial charge in [-0.15, -0.1) is 0 Å². The lowest BCUT2D eigenvalue weighted by Crippen LogP contribution is -2.50. The molecule has 0 radical (unpaired) electrons. The lowest BCUT2D eigenvalue weighted by atomic mass is 9.53. The third-order valence-corrected chi connectivity index (χ3v) is 6.52. The van der Waals surface area contributed by atoms with Crippen LogP contribution >= 0.6 is 0 Å². The lowest BCUT2D eigenvalue weighted by molar-refractivity contribution is -0.146. The second kappa shape index (κ2) is 8.20. The molecule has 162 valence electrons. The molecule has 3 aromatic carbocycles. The molecule has 4 atom stereocenters. The molecule has 0 amide bonds. The Bertz CT molecular complexity index is 1130. The number of carbonyl (C=O) groups is 2. The van der Waals surface area contributed by atoms with E-state index in [2.05, 4.69) is 27.9 Å². The minimum atomic E-state index is -0.705. The standard InChI is InChI=1S/C24H24BN3O4/c1-31-23(29)19-20(22(24(30)32-2)26-21(19)15-8-4-3-5-9-15)25-27-16-12-6-10-14-11-7-13-17(28-25)18(14)16/h3-13,19-22,26-28H,1-2H3/t19-,20-,21-,22-/m0/s1. The molecule has 2 aliphatic rings. The van der Waals surface area contributed by atoms with Gasteiger partial charge in [0.15, 0.2) is 0 Å². The first-order valence-electron chi connectivity index (χ1n) is 10.6. The van der Waals surface area contributed by atoms with Crippen LogP contribution in [0.4, 0.5) is 11.4 Å². The zero-order valence-corrected chi connectivity index (χ0v) is 17.9. The van der Waals surface area contributed by atoms with Crippen LogP contribution in [0.25, 0.3) is 10.8 Å². The molecule has 0 bridgehead atoms. The predicted octanol–water partition coefficient (Wildman–Crippen LogP) is 3.21. The monoisotopic (exact) mass is 429 g/mol. The van der Waals surface area contributed by atoms with E-state index in [4.69, 9.17) is 9.47 Å². The van der Waals surface area contributed by atoms with E-state index in [1.54, 1.807) is 0 Å². The molecule has 0 aliphatic carbocycles. The number of esters is 2. The zero-order chi connectivity index (χ0) is 22.2. The molecular formula is C24H24BN3O4. The Labute approximate surface area is 186 Å². The maximum Gasteiger partial charge on any atom is 0.376 e. The van der Waals surface area contributed by atoms with Crippen molar-refractivity contribution in [3.8, 4) is 0 Å². The number of anilines is 2. The van der Waals surface area contributed by atoms with Crippen molar-refractivity contribution in [2.45, 2.75) is 17.9 Å². The molecule has 0 aromatic heterocycles. The average molecular weight is 429 g/mol. The van der Waals surface area contributed by atoms with E-state index < -0.39 is 36.8 Å². The first-order valence-corrected chi connectivity index (χ1v) is 10.6. The number of ether oxygens (including phenoxy) is 2. The van der Waals surface area contributed by atoms with Gasteiger partial charge in [0.05, 0.1) is 20.1 Å². The Kier molecular flexibility index (Phi) is 5.23. The van der Waals surface area contributed by atoms with Crippen molar-refractivity contribution in [1.29, 1.82) is 0 Å². The number of methoxy groups -OCH3 is 2. The second-order valence-electron chi connectivity index (χ2n) is 8.16. The van der Waals surface area contributed by atoms with Crippen LogP contribution in [0.5, 0.6) is 0 Å². The van der Waals surface area contributed by atoms with Gasteiger partial charge in [-0.05, 0) is 23.1 Å². The summed E-state index contributed by atoms with van der Waals surface area (Å²) in [6.07, 6.45) is 0. The van der Waals surface area contributed by atoms with Crippen LogP contribution in [-0.4, -0.2) is 39.2 Å². The number of nitrogens with one attached hydrogen (secondary N) is 3. The third-order valence-electron chi connectivity index (χ3n) is 6.52. The topological polar surface area (TPSA) is 88.7 Å². The molecule has 1 saturated heterocycles. The fourth-order valence-corrected chi connectivity index (χ4v) is 5.13. The van der Waals surface area contributed by atoms with Gasteiger partial charge in [-0.3, -0.25) is 14.9 Å². The Hall–Kier alpha value is -3.52. The van der Waals surface area contributed by atoms with E-state index in [0.717, 1.165) is 27.7 Å². The van der Waals surface area contributed by atoms with Gasteiger partial charge in [0.2, 0.25) is 0 Å². The molecular weight excluding hydrogens is 405 g/mol. The Balaban J connectivity index is 1.59. The van der Waals surface area contributed by atoms with Crippen molar-refractivity contribution in [3.05, 3.63) is 72.3 Å². The number of benzene rings is 3. The van der Waals surface area contributed by atoms with Gasteiger partial charge in [-0.25, -0.2) is 0 Å². The van der Waals surface area contributed by atoms with Gasteiger partial charge in [-0.1, -0.05) is 54.6 Å². The van der Waals surface area contributed by atoms with Crippen molar-refractivity contribution < 1.29 is 19.1 Å². The van der Waals surface area contributed by atoms with Gasteiger partial charge >= 0.3 is 18.9 Å². The fourth-order valence-electron chi connectivity index (χ4n) is 5.13. The van der Waals surface area contributed by atoms with Crippen molar-refractivity contribution in [2.24, 2.45) is 5.92 Å². The Morgan fingerprint density at radius 2 is 1.44 bits per heavy atom. The third kappa shape index (κ3) is 3.27. The molecule has 2 heterocycles. The average Bonchev–Trinajstić information content (AvgIpc) is 3.24. The Morgan fingerprint density at radius 1 is 0.812 bits per heavy atom. The highest BCUT2D eigenvalue weighted by Crippen LogP contribution is 2.46. The number of hydrogen-bond acceptors (Lipinski definition) is 7. The summed E-state index contributed by atoms with van der Waals surface area (Å²) in [5.74, 6) is -1.86. The predicted molar refractivity (Wildman–Crippen MR) is 124 cm³/mol. The van der Waals surface area contributed by atoms with E-state index >= 15 is 0 Å². The van der Waals surface area contributed by atoms with Gasteiger partial charge in [0.1, 0.15) is 6.04 Å². The van der Waals surface area contributed by atoms with E-state index in [1.807, 2.05) is 54.6 Å². The van der Waals surface area contributed by atoms with Crippen LogP contribution < -0.4 is 15.8 Å². The molecule has 2 aliphatic heterocycles. The van der Waals surface area contributed by atoms with Crippen LogP contribution in [0.15, 0.2) is 66.7 Å². The normalized spacial score (nSPS) is 23.9. The van der Waals surface area contributed by atoms with Gasteiger partial charge in [0.25, 0.3) is 0 Å². The minimum absolute atomic E-state index is 0.372. The van der Waals surface area contributed by atoms with Crippen LogP contribution in [0.2, 0.25) is 5.82 Å². The first kappa shape index (κ1) is 20.4. The molecule has 0 spiro atoms. The summed E-state index contributed by atoms with van der Waals surface area (Å²) in [7, 11) is 2.74. The van der Waals surface area contributed by atoms with Gasteiger partial charge in [0, 0.05) is 28.6 Å². The second-order valence-corrected chi connectivity index (χ2v) is 8.16. The summed E-state index contributed by atoms with van der Waals surface area (Å²) in [5.41, 5.74) is 2.83. The zero-order valence-electron chi connectivity index (χ0n) is 17.9. The molecule has 0 unspecified atom stereocenters. The molecule has 8 heteroatoms. The highest BCUT2D eigenvalue weighted by atomic mass is 16.5. The Morgan fingerprint density at radius 3 is 2.03 bits per heavy atom. The van der Waals surface area contributed by atoms with Crippen molar-refractivity contribution in [1.82, 2.24) is 5.32 Å². The number of carbonyl (C=O) groups excluding carboxylic acids is 2. The van der Waals surface area contributed by atoms with Crippen LogP contribution in [0.3, 0.4) is 0 Å². The molecule has 7 nitrogen and oxygen atoms in total. The van der Waals surface area contributed by atoms with Crippen molar-refractivity contribution in [3.63, 3.8) is 0 Å². The smallest absolute Gasteiger partial charge is 0.376 e. The van der Waals surface area contributed by atoms with Crippen LogP contribution in [0.1, 0.15) is 11.6 Å². The van der Waals surface area contributed by atoms with E-state index in [0.29, 0.717) is 0 Å². The van der Waals surface area contributed by atoms with E-state index in [9.17, 15) is 9.59 Å². The lowest BCUT2D eigenvalue weighted by Gasteiger charge is -2.33. The van der Waals surface area contributed by atoms with E-state index in [-0.39, 0.29) is 5.97 Å². The van der Waals surface area contributed by atoms with Crippen LogP contribution in [-0.2, 0) is 19.1 Å². The maximum atomic E-state index is 13.1. The minimum Gasteiger partial charge on any atom is -0.469 e. The number of rotatable bonds is 4. The van der Waals surface area contributed by atoms with Crippen molar-refractivity contribution >= 4 is 41.1 Å². The largest absolute Gasteiger partial charge is 0.469 e.